The van der Waals surface area contributed by atoms with Crippen LogP contribution in [0.2, 0.25) is 0 Å². The fourth-order valence-electron chi connectivity index (χ4n) is 3.52. The molecule has 1 aliphatic carbocycles. The van der Waals surface area contributed by atoms with E-state index in [4.69, 9.17) is 4.74 Å². The Kier molecular flexibility index (Phi) is 3.14. The Morgan fingerprint density at radius 3 is 3.05 bits per heavy atom. The maximum atomic E-state index is 12.8. The molecule has 21 heavy (non-hydrogen) atoms. The SMILES string of the molecule is O=C(c1scc2c1CCCC2)N1CCN2C(=O)OC[C@@H]2C1. The van der Waals surface area contributed by atoms with Crippen LogP contribution in [-0.2, 0) is 17.6 Å². The van der Waals surface area contributed by atoms with Crippen molar-refractivity contribution in [2.45, 2.75) is 31.7 Å². The Morgan fingerprint density at radius 1 is 1.29 bits per heavy atom. The van der Waals surface area contributed by atoms with E-state index in [2.05, 4.69) is 5.38 Å². The summed E-state index contributed by atoms with van der Waals surface area (Å²) in [6.07, 6.45) is 4.32. The van der Waals surface area contributed by atoms with Crippen molar-refractivity contribution in [2.24, 2.45) is 0 Å². The highest BCUT2D eigenvalue weighted by molar-refractivity contribution is 7.12. The Labute approximate surface area is 127 Å². The van der Waals surface area contributed by atoms with Crippen molar-refractivity contribution in [1.82, 2.24) is 9.80 Å². The molecule has 0 bridgehead atoms. The van der Waals surface area contributed by atoms with Gasteiger partial charge in [0.2, 0.25) is 0 Å². The topological polar surface area (TPSA) is 49.9 Å². The highest BCUT2D eigenvalue weighted by Crippen LogP contribution is 2.31. The minimum Gasteiger partial charge on any atom is -0.447 e. The predicted octanol–water partition coefficient (Wildman–Crippen LogP) is 1.90. The molecule has 6 heteroatoms. The van der Waals surface area contributed by atoms with E-state index < -0.39 is 0 Å². The van der Waals surface area contributed by atoms with Crippen molar-refractivity contribution < 1.29 is 14.3 Å². The van der Waals surface area contributed by atoms with E-state index >= 15 is 0 Å². The smallest absolute Gasteiger partial charge is 0.410 e. The zero-order chi connectivity index (χ0) is 14.4. The number of ether oxygens (including phenoxy) is 1. The normalized spacial score (nSPS) is 24.6. The standard InChI is InChI=1S/C15H18N2O3S/c18-14(13-12-4-2-1-3-10(12)9-21-13)16-5-6-17-11(7-16)8-20-15(17)19/h9,11H,1-8H2/t11-/m0/s1. The van der Waals surface area contributed by atoms with Gasteiger partial charge in [0.25, 0.3) is 5.91 Å². The van der Waals surface area contributed by atoms with E-state index in [0.717, 1.165) is 17.7 Å². The molecule has 3 aliphatic rings. The first-order chi connectivity index (χ1) is 10.2. The largest absolute Gasteiger partial charge is 0.447 e. The number of hydrogen-bond donors (Lipinski definition) is 0. The molecule has 0 saturated carbocycles. The quantitative estimate of drug-likeness (QED) is 0.796. The van der Waals surface area contributed by atoms with Crippen molar-refractivity contribution in [2.75, 3.05) is 26.2 Å². The highest BCUT2D eigenvalue weighted by Gasteiger charge is 2.39. The van der Waals surface area contributed by atoms with Gasteiger partial charge in [-0.15, -0.1) is 11.3 Å². The number of aryl methyl sites for hydroxylation is 1. The maximum Gasteiger partial charge on any atom is 0.410 e. The van der Waals surface area contributed by atoms with Crippen LogP contribution in [0.15, 0.2) is 5.38 Å². The number of thiophene rings is 1. The van der Waals surface area contributed by atoms with Crippen LogP contribution in [-0.4, -0.2) is 54.1 Å². The van der Waals surface area contributed by atoms with Crippen LogP contribution in [0.25, 0.3) is 0 Å². The summed E-state index contributed by atoms with van der Waals surface area (Å²) >= 11 is 1.59. The van der Waals surface area contributed by atoms with Crippen LogP contribution in [0.3, 0.4) is 0 Å². The summed E-state index contributed by atoms with van der Waals surface area (Å²) in [7, 11) is 0. The zero-order valence-corrected chi connectivity index (χ0v) is 12.7. The molecule has 0 aromatic carbocycles. The molecule has 2 saturated heterocycles. The Balaban J connectivity index is 1.53. The van der Waals surface area contributed by atoms with Crippen molar-refractivity contribution in [3.8, 4) is 0 Å². The van der Waals surface area contributed by atoms with Gasteiger partial charge in [-0.05, 0) is 42.2 Å². The van der Waals surface area contributed by atoms with Crippen molar-refractivity contribution >= 4 is 23.3 Å². The fraction of sp³-hybridized carbons (Fsp3) is 0.600. The monoisotopic (exact) mass is 306 g/mol. The van der Waals surface area contributed by atoms with Gasteiger partial charge in [-0.2, -0.15) is 0 Å². The van der Waals surface area contributed by atoms with Crippen molar-refractivity contribution in [3.05, 3.63) is 21.4 Å². The molecule has 3 heterocycles. The van der Waals surface area contributed by atoms with E-state index in [1.165, 1.54) is 24.0 Å². The van der Waals surface area contributed by atoms with Crippen molar-refractivity contribution in [3.63, 3.8) is 0 Å². The van der Waals surface area contributed by atoms with Crippen molar-refractivity contribution in [1.29, 1.82) is 0 Å². The van der Waals surface area contributed by atoms with Gasteiger partial charge in [0.05, 0.1) is 10.9 Å². The van der Waals surface area contributed by atoms with E-state index in [1.807, 2.05) is 4.90 Å². The minimum absolute atomic E-state index is 0.0333. The fourth-order valence-corrected chi connectivity index (χ4v) is 4.64. The van der Waals surface area contributed by atoms with E-state index in [-0.39, 0.29) is 18.0 Å². The first-order valence-electron chi connectivity index (χ1n) is 7.56. The highest BCUT2D eigenvalue weighted by atomic mass is 32.1. The lowest BCUT2D eigenvalue weighted by Crippen LogP contribution is -2.53. The third kappa shape index (κ3) is 2.12. The number of nitrogens with zero attached hydrogens (tertiary/aromatic N) is 2. The number of piperazine rings is 1. The third-order valence-corrected chi connectivity index (χ3v) is 5.76. The average Bonchev–Trinajstić information content (AvgIpc) is 3.10. The number of fused-ring (bicyclic) bond motifs is 2. The summed E-state index contributed by atoms with van der Waals surface area (Å²) in [4.78, 5) is 28.9. The number of rotatable bonds is 1. The van der Waals surface area contributed by atoms with Crippen LogP contribution in [0.5, 0.6) is 0 Å². The Hall–Kier alpha value is -1.56. The molecule has 2 amide bonds. The molecule has 1 atom stereocenters. The summed E-state index contributed by atoms with van der Waals surface area (Å²) in [5, 5.41) is 2.15. The van der Waals surface area contributed by atoms with Gasteiger partial charge in [0, 0.05) is 19.6 Å². The van der Waals surface area contributed by atoms with Crippen LogP contribution >= 0.6 is 11.3 Å². The zero-order valence-electron chi connectivity index (χ0n) is 11.8. The molecular formula is C15H18N2O3S. The lowest BCUT2D eigenvalue weighted by Gasteiger charge is -2.35. The second-order valence-corrected chi connectivity index (χ2v) is 6.83. The summed E-state index contributed by atoms with van der Waals surface area (Å²) < 4.78 is 5.06. The van der Waals surface area contributed by atoms with E-state index in [9.17, 15) is 9.59 Å². The molecule has 0 N–H and O–H groups in total. The molecular weight excluding hydrogens is 288 g/mol. The van der Waals surface area contributed by atoms with Gasteiger partial charge in [0.1, 0.15) is 6.61 Å². The van der Waals surface area contributed by atoms with Gasteiger partial charge in [-0.1, -0.05) is 0 Å². The average molecular weight is 306 g/mol. The molecule has 0 spiro atoms. The number of carbonyl (C=O) groups excluding carboxylic acids is 2. The van der Waals surface area contributed by atoms with Gasteiger partial charge < -0.3 is 9.64 Å². The lowest BCUT2D eigenvalue weighted by molar-refractivity contribution is 0.0620. The molecule has 2 fully saturated rings. The van der Waals surface area contributed by atoms with Gasteiger partial charge in [0.15, 0.2) is 0 Å². The van der Waals surface area contributed by atoms with Gasteiger partial charge in [-0.25, -0.2) is 4.79 Å². The summed E-state index contributed by atoms with van der Waals surface area (Å²) in [5.41, 5.74) is 2.64. The molecule has 2 aliphatic heterocycles. The molecule has 0 radical (unpaired) electrons. The first kappa shape index (κ1) is 13.1. The lowest BCUT2D eigenvalue weighted by atomic mass is 9.93. The van der Waals surface area contributed by atoms with E-state index in [1.54, 1.807) is 16.2 Å². The van der Waals surface area contributed by atoms with Crippen LogP contribution in [0.1, 0.15) is 33.6 Å². The van der Waals surface area contributed by atoms with Gasteiger partial charge in [-0.3, -0.25) is 9.69 Å². The van der Waals surface area contributed by atoms with Crippen LogP contribution < -0.4 is 0 Å². The Bertz CT molecular complexity index is 598. The maximum absolute atomic E-state index is 12.8. The molecule has 4 rings (SSSR count). The molecule has 1 aromatic rings. The molecule has 5 nitrogen and oxygen atoms in total. The molecule has 1 aromatic heterocycles. The molecule has 112 valence electrons. The van der Waals surface area contributed by atoms with Crippen LogP contribution in [0.4, 0.5) is 4.79 Å². The van der Waals surface area contributed by atoms with Crippen LogP contribution in [0, 0.1) is 0 Å². The number of hydrogen-bond acceptors (Lipinski definition) is 4. The first-order valence-corrected chi connectivity index (χ1v) is 8.44. The summed E-state index contributed by atoms with van der Waals surface area (Å²) in [6.45, 7) is 2.20. The second-order valence-electron chi connectivity index (χ2n) is 5.95. The van der Waals surface area contributed by atoms with Gasteiger partial charge >= 0.3 is 6.09 Å². The second kappa shape index (κ2) is 5.02. The number of cyclic esters (lactones) is 1. The minimum atomic E-state index is -0.236. The predicted molar refractivity (Wildman–Crippen MR) is 78.7 cm³/mol. The third-order valence-electron chi connectivity index (χ3n) is 4.70. The molecule has 0 unspecified atom stereocenters. The summed E-state index contributed by atoms with van der Waals surface area (Å²) in [5.74, 6) is 0.141. The number of carbonyl (C=O) groups is 2. The Morgan fingerprint density at radius 2 is 2.14 bits per heavy atom. The number of amides is 2. The van der Waals surface area contributed by atoms with E-state index in [0.29, 0.717) is 26.2 Å². The summed E-state index contributed by atoms with van der Waals surface area (Å²) in [6, 6.07) is 0.0333.